The van der Waals surface area contributed by atoms with Gasteiger partial charge in [-0.05, 0) is 41.5 Å². The second kappa shape index (κ2) is 16.2. The number of halogens is 1. The molecule has 0 aliphatic rings. The number of nitrogens with one attached hydrogen (secondary N) is 2. The third kappa shape index (κ3) is 11.1. The summed E-state index contributed by atoms with van der Waals surface area (Å²) in [5.41, 5.74) is 6.65. The van der Waals surface area contributed by atoms with Gasteiger partial charge in [0.2, 0.25) is 17.6 Å². The monoisotopic (exact) mass is 569 g/mol. The highest BCUT2D eigenvalue weighted by Crippen LogP contribution is 2.19. The molecule has 0 aromatic heterocycles. The van der Waals surface area contributed by atoms with Crippen molar-refractivity contribution in [1.82, 2.24) is 10.6 Å². The zero-order chi connectivity index (χ0) is 30.5. The SMILES string of the molecule is CCC(C)C(NC(=O)C(CC(=O)OCc1ccccc1)CC(C)C)C(=O)C(=O)NC(Cc1cccc(F)c1)C(N)=O. The molecule has 0 fully saturated rings. The topological polar surface area (TPSA) is 145 Å². The Morgan fingerprint density at radius 2 is 1.59 bits per heavy atom. The number of amides is 3. The molecule has 3 amide bonds. The molecule has 4 N–H and O–H groups in total. The van der Waals surface area contributed by atoms with E-state index in [0.717, 1.165) is 5.56 Å². The summed E-state index contributed by atoms with van der Waals surface area (Å²) in [5.74, 6) is -5.73. The minimum Gasteiger partial charge on any atom is -0.461 e. The summed E-state index contributed by atoms with van der Waals surface area (Å²) in [7, 11) is 0. The van der Waals surface area contributed by atoms with Crippen LogP contribution in [0.5, 0.6) is 0 Å². The molecule has 0 aliphatic carbocycles. The second-order valence-corrected chi connectivity index (χ2v) is 10.7. The number of benzene rings is 2. The Balaban J connectivity index is 2.12. The largest absolute Gasteiger partial charge is 0.461 e. The molecule has 10 heteroatoms. The first-order valence-corrected chi connectivity index (χ1v) is 13.8. The number of hydrogen-bond acceptors (Lipinski definition) is 6. The maximum absolute atomic E-state index is 13.6. The van der Waals surface area contributed by atoms with Crippen molar-refractivity contribution in [3.8, 4) is 0 Å². The van der Waals surface area contributed by atoms with Crippen molar-refractivity contribution in [1.29, 1.82) is 0 Å². The molecule has 0 aliphatic heterocycles. The summed E-state index contributed by atoms with van der Waals surface area (Å²) in [4.78, 5) is 64.1. The van der Waals surface area contributed by atoms with Crippen LogP contribution in [0.3, 0.4) is 0 Å². The zero-order valence-corrected chi connectivity index (χ0v) is 24.0. The first kappa shape index (κ1) is 33.1. The summed E-state index contributed by atoms with van der Waals surface area (Å²) in [6.07, 6.45) is 0.508. The molecule has 41 heavy (non-hydrogen) atoms. The summed E-state index contributed by atoms with van der Waals surface area (Å²) in [6, 6.07) is 12.1. The van der Waals surface area contributed by atoms with Crippen LogP contribution in [-0.4, -0.2) is 41.6 Å². The van der Waals surface area contributed by atoms with E-state index in [0.29, 0.717) is 18.4 Å². The van der Waals surface area contributed by atoms with Gasteiger partial charge in [-0.15, -0.1) is 0 Å². The highest BCUT2D eigenvalue weighted by atomic mass is 19.1. The summed E-state index contributed by atoms with van der Waals surface area (Å²) >= 11 is 0. The van der Waals surface area contributed by atoms with Gasteiger partial charge in [-0.1, -0.05) is 76.6 Å². The van der Waals surface area contributed by atoms with Crippen molar-refractivity contribution in [2.24, 2.45) is 23.5 Å². The Hall–Kier alpha value is -4.08. The molecule has 0 saturated carbocycles. The molecule has 0 radical (unpaired) electrons. The van der Waals surface area contributed by atoms with Crippen LogP contribution < -0.4 is 16.4 Å². The fourth-order valence-corrected chi connectivity index (χ4v) is 4.32. The molecule has 2 aromatic rings. The van der Waals surface area contributed by atoms with E-state index in [1.165, 1.54) is 18.2 Å². The second-order valence-electron chi connectivity index (χ2n) is 10.7. The van der Waals surface area contributed by atoms with Gasteiger partial charge in [0.05, 0.1) is 12.5 Å². The molecule has 4 unspecified atom stereocenters. The van der Waals surface area contributed by atoms with E-state index in [-0.39, 0.29) is 25.4 Å². The van der Waals surface area contributed by atoms with Gasteiger partial charge in [0.25, 0.3) is 5.91 Å². The van der Waals surface area contributed by atoms with Crippen molar-refractivity contribution in [3.63, 3.8) is 0 Å². The van der Waals surface area contributed by atoms with E-state index in [2.05, 4.69) is 10.6 Å². The third-order valence-corrected chi connectivity index (χ3v) is 6.78. The number of esters is 1. The van der Waals surface area contributed by atoms with Gasteiger partial charge in [-0.2, -0.15) is 0 Å². The van der Waals surface area contributed by atoms with Crippen LogP contribution in [-0.2, 0) is 41.7 Å². The number of carbonyl (C=O) groups is 5. The normalized spacial score (nSPS) is 13.9. The average molecular weight is 570 g/mol. The Morgan fingerprint density at radius 3 is 2.17 bits per heavy atom. The van der Waals surface area contributed by atoms with Gasteiger partial charge in [0, 0.05) is 12.3 Å². The number of ketones is 1. The zero-order valence-electron chi connectivity index (χ0n) is 24.0. The van der Waals surface area contributed by atoms with Gasteiger partial charge >= 0.3 is 5.97 Å². The van der Waals surface area contributed by atoms with Crippen LogP contribution in [0, 0.1) is 23.6 Å². The Labute approximate surface area is 240 Å². The minimum atomic E-state index is -1.27. The van der Waals surface area contributed by atoms with Crippen molar-refractivity contribution in [3.05, 3.63) is 71.5 Å². The molecule has 0 heterocycles. The third-order valence-electron chi connectivity index (χ3n) is 6.78. The van der Waals surface area contributed by atoms with E-state index in [1.54, 1.807) is 19.9 Å². The van der Waals surface area contributed by atoms with Gasteiger partial charge in [0.15, 0.2) is 0 Å². The molecule has 9 nitrogen and oxygen atoms in total. The van der Waals surface area contributed by atoms with Crippen LogP contribution in [0.25, 0.3) is 0 Å². The predicted molar refractivity (Wildman–Crippen MR) is 151 cm³/mol. The number of ether oxygens (including phenoxy) is 1. The first-order valence-electron chi connectivity index (χ1n) is 13.8. The maximum atomic E-state index is 13.6. The summed E-state index contributed by atoms with van der Waals surface area (Å²) < 4.78 is 18.9. The standard InChI is InChI=1S/C31H40FN3O6/c1-5-20(4)27(28(37)31(40)34-25(29(33)38)16-22-12-9-13-24(32)15-22)35-30(39)23(14-19(2)3)17-26(36)41-18-21-10-7-6-8-11-21/h6-13,15,19-20,23,25,27H,5,14,16-18H2,1-4H3,(H2,33,38)(H,34,40)(H,35,39). The van der Waals surface area contributed by atoms with Crippen LogP contribution in [0.4, 0.5) is 4.39 Å². The van der Waals surface area contributed by atoms with Gasteiger partial charge in [0.1, 0.15) is 18.5 Å². The first-order chi connectivity index (χ1) is 19.4. The van der Waals surface area contributed by atoms with Crippen molar-refractivity contribution >= 4 is 29.5 Å². The molecular formula is C31H40FN3O6. The number of hydrogen-bond donors (Lipinski definition) is 3. The molecule has 2 aromatic carbocycles. The highest BCUT2D eigenvalue weighted by Gasteiger charge is 2.35. The lowest BCUT2D eigenvalue weighted by Crippen LogP contribution is -2.55. The Morgan fingerprint density at radius 1 is 0.927 bits per heavy atom. The lowest BCUT2D eigenvalue weighted by molar-refractivity contribution is -0.149. The lowest BCUT2D eigenvalue weighted by Gasteiger charge is -2.26. The molecule has 0 bridgehead atoms. The number of primary amides is 1. The van der Waals surface area contributed by atoms with Crippen LogP contribution in [0.15, 0.2) is 54.6 Å². The van der Waals surface area contributed by atoms with E-state index in [9.17, 15) is 28.4 Å². The molecule has 0 saturated heterocycles. The highest BCUT2D eigenvalue weighted by molar-refractivity contribution is 6.38. The fraction of sp³-hybridized carbons (Fsp3) is 0.452. The predicted octanol–water partition coefficient (Wildman–Crippen LogP) is 3.23. The average Bonchev–Trinajstić information content (AvgIpc) is 2.93. The summed E-state index contributed by atoms with van der Waals surface area (Å²) in [6.45, 7) is 7.39. The van der Waals surface area contributed by atoms with E-state index >= 15 is 0 Å². The van der Waals surface area contributed by atoms with Gasteiger partial charge < -0.3 is 21.1 Å². The van der Waals surface area contributed by atoms with Gasteiger partial charge in [-0.3, -0.25) is 24.0 Å². The Bertz CT molecular complexity index is 1200. The van der Waals surface area contributed by atoms with E-state index in [1.807, 2.05) is 44.2 Å². The number of Topliss-reactive ketones (excluding diaryl/α,β-unsaturated/α-hetero) is 1. The maximum Gasteiger partial charge on any atom is 0.306 e. The Kier molecular flexibility index (Phi) is 13.1. The van der Waals surface area contributed by atoms with Gasteiger partial charge in [-0.25, -0.2) is 4.39 Å². The fourth-order valence-electron chi connectivity index (χ4n) is 4.32. The van der Waals surface area contributed by atoms with Crippen molar-refractivity contribution in [2.75, 3.05) is 0 Å². The molecule has 4 atom stereocenters. The smallest absolute Gasteiger partial charge is 0.306 e. The minimum absolute atomic E-state index is 0.0628. The van der Waals surface area contributed by atoms with Crippen LogP contribution in [0.1, 0.15) is 58.1 Å². The van der Waals surface area contributed by atoms with E-state index < -0.39 is 59.2 Å². The number of carbonyl (C=O) groups excluding carboxylic acids is 5. The quantitative estimate of drug-likeness (QED) is 0.209. The van der Waals surface area contributed by atoms with Crippen molar-refractivity contribution < 1.29 is 33.1 Å². The number of nitrogens with two attached hydrogens (primary N) is 1. The lowest BCUT2D eigenvalue weighted by atomic mass is 9.90. The van der Waals surface area contributed by atoms with Crippen molar-refractivity contribution in [2.45, 2.75) is 72.1 Å². The molecule has 2 rings (SSSR count). The number of rotatable bonds is 16. The van der Waals surface area contributed by atoms with Crippen LogP contribution >= 0.6 is 0 Å². The summed E-state index contributed by atoms with van der Waals surface area (Å²) in [5, 5.41) is 5.00. The molecular weight excluding hydrogens is 529 g/mol. The molecule has 0 spiro atoms. The van der Waals surface area contributed by atoms with Crippen LogP contribution in [0.2, 0.25) is 0 Å². The molecule has 222 valence electrons. The van der Waals surface area contributed by atoms with E-state index in [4.69, 9.17) is 10.5 Å².